The molecular weight excluding hydrogens is 332 g/mol. The van der Waals surface area contributed by atoms with Crippen molar-refractivity contribution in [1.29, 1.82) is 0 Å². The summed E-state index contributed by atoms with van der Waals surface area (Å²) in [5.74, 6) is 0. The van der Waals surface area contributed by atoms with Gasteiger partial charge in [0.15, 0.2) is 0 Å². The molecule has 1 aromatic heterocycles. The fraction of sp³-hybridized carbons (Fsp3) is 0.208. The van der Waals surface area contributed by atoms with Crippen molar-refractivity contribution in [3.63, 3.8) is 0 Å². The van der Waals surface area contributed by atoms with E-state index in [2.05, 4.69) is 57.3 Å². The Hall–Kier alpha value is -2.91. The molecule has 0 aliphatic carbocycles. The molecule has 0 saturated heterocycles. The largest absolute Gasteiger partial charge is 0.392 e. The van der Waals surface area contributed by atoms with Gasteiger partial charge in [-0.15, -0.1) is 0 Å². The number of rotatable bonds is 3. The monoisotopic (exact) mass is 356 g/mol. The Bertz CT molecular complexity index is 1110. The Balaban J connectivity index is 2.03. The molecule has 0 bridgehead atoms. The van der Waals surface area contributed by atoms with E-state index in [1.54, 1.807) is 0 Å². The molecule has 3 heteroatoms. The Morgan fingerprint density at radius 2 is 1.33 bits per heavy atom. The predicted molar refractivity (Wildman–Crippen MR) is 114 cm³/mol. The number of aliphatic hydroxyl groups is 1. The predicted octanol–water partition coefficient (Wildman–Crippen LogP) is 5.86. The minimum absolute atomic E-state index is 0.0317. The lowest BCUT2D eigenvalue weighted by molar-refractivity contribution is 0.282. The highest BCUT2D eigenvalue weighted by Gasteiger charge is 2.12. The van der Waals surface area contributed by atoms with Gasteiger partial charge in [-0.2, -0.15) is 0 Å². The molecule has 3 aromatic carbocycles. The van der Waals surface area contributed by atoms with Crippen molar-refractivity contribution >= 4 is 33.2 Å². The van der Waals surface area contributed by atoms with Crippen LogP contribution in [0, 0.1) is 27.7 Å². The van der Waals surface area contributed by atoms with Crippen molar-refractivity contribution in [3.8, 4) is 0 Å². The van der Waals surface area contributed by atoms with Gasteiger partial charge in [0.25, 0.3) is 0 Å². The Morgan fingerprint density at radius 1 is 0.778 bits per heavy atom. The molecule has 0 atom stereocenters. The maximum Gasteiger partial charge on any atom is 0.0733 e. The minimum Gasteiger partial charge on any atom is -0.392 e. The molecule has 4 aromatic rings. The first kappa shape index (κ1) is 17.5. The zero-order valence-electron chi connectivity index (χ0n) is 16.2. The molecule has 4 rings (SSSR count). The molecule has 27 heavy (non-hydrogen) atoms. The number of pyridine rings is 1. The molecule has 3 nitrogen and oxygen atoms in total. The lowest BCUT2D eigenvalue weighted by atomic mass is 9.99. The first-order valence-electron chi connectivity index (χ1n) is 9.25. The quantitative estimate of drug-likeness (QED) is 0.452. The lowest BCUT2D eigenvalue weighted by Gasteiger charge is -2.16. The molecule has 0 spiro atoms. The third-order valence-electron chi connectivity index (χ3n) is 5.38. The average Bonchev–Trinajstić information content (AvgIpc) is 2.65. The topological polar surface area (TPSA) is 45.2 Å². The molecule has 136 valence electrons. The number of nitrogens with zero attached hydrogens (tertiary/aromatic N) is 1. The van der Waals surface area contributed by atoms with Crippen LogP contribution in [0.5, 0.6) is 0 Å². The number of anilines is 2. The van der Waals surface area contributed by atoms with Crippen LogP contribution < -0.4 is 5.32 Å². The summed E-state index contributed by atoms with van der Waals surface area (Å²) in [6.07, 6.45) is 0. The second-order valence-corrected chi connectivity index (χ2v) is 7.38. The minimum atomic E-state index is 0.0317. The number of hydrogen-bond acceptors (Lipinski definition) is 3. The number of fused-ring (bicyclic) bond motifs is 2. The van der Waals surface area contributed by atoms with Crippen molar-refractivity contribution in [2.75, 3.05) is 5.32 Å². The fourth-order valence-corrected chi connectivity index (χ4v) is 3.49. The summed E-state index contributed by atoms with van der Waals surface area (Å²) in [5, 5.41) is 15.3. The zero-order chi connectivity index (χ0) is 19.1. The van der Waals surface area contributed by atoms with E-state index in [0.29, 0.717) is 0 Å². The maximum atomic E-state index is 9.47. The van der Waals surface area contributed by atoms with Gasteiger partial charge in [-0.05, 0) is 91.9 Å². The normalized spacial score (nSPS) is 11.3. The Morgan fingerprint density at radius 3 is 1.89 bits per heavy atom. The van der Waals surface area contributed by atoms with E-state index >= 15 is 0 Å². The zero-order valence-corrected chi connectivity index (χ0v) is 16.2. The summed E-state index contributed by atoms with van der Waals surface area (Å²) in [5.41, 5.74) is 9.89. The van der Waals surface area contributed by atoms with Crippen LogP contribution in [0.4, 0.5) is 11.4 Å². The average molecular weight is 356 g/mol. The standard InChI is InChI=1S/C24H24N2O/c1-14-8-20-22(10-16(14)3)26-23-11-17(4)15(2)9-21(23)24(20)25-19-7-5-6-18(12-19)13-27/h5-12,27H,13H2,1-4H3,(H,25,26). The van der Waals surface area contributed by atoms with Gasteiger partial charge in [0.2, 0.25) is 0 Å². The molecule has 0 radical (unpaired) electrons. The highest BCUT2D eigenvalue weighted by atomic mass is 16.3. The van der Waals surface area contributed by atoms with Gasteiger partial charge in [0.1, 0.15) is 0 Å². The van der Waals surface area contributed by atoms with Crippen molar-refractivity contribution in [1.82, 2.24) is 4.98 Å². The highest BCUT2D eigenvalue weighted by Crippen LogP contribution is 2.35. The van der Waals surface area contributed by atoms with Gasteiger partial charge in [-0.3, -0.25) is 0 Å². The number of aliphatic hydroxyl groups excluding tert-OH is 1. The lowest BCUT2D eigenvalue weighted by Crippen LogP contribution is -1.98. The molecule has 0 unspecified atom stereocenters. The van der Waals surface area contributed by atoms with E-state index in [1.165, 1.54) is 22.3 Å². The molecule has 2 N–H and O–H groups in total. The van der Waals surface area contributed by atoms with Crippen molar-refractivity contribution in [2.24, 2.45) is 0 Å². The van der Waals surface area contributed by atoms with E-state index in [1.807, 2.05) is 24.3 Å². The van der Waals surface area contributed by atoms with Crippen molar-refractivity contribution in [2.45, 2.75) is 34.3 Å². The van der Waals surface area contributed by atoms with E-state index < -0.39 is 0 Å². The molecule has 0 saturated carbocycles. The summed E-state index contributed by atoms with van der Waals surface area (Å²) < 4.78 is 0. The van der Waals surface area contributed by atoms with Crippen LogP contribution in [0.25, 0.3) is 21.8 Å². The van der Waals surface area contributed by atoms with Crippen LogP contribution in [0.2, 0.25) is 0 Å². The SMILES string of the molecule is Cc1cc2nc3cc(C)c(C)cc3c(Nc3cccc(CO)c3)c2cc1C. The summed E-state index contributed by atoms with van der Waals surface area (Å²) in [4.78, 5) is 4.94. The number of aromatic nitrogens is 1. The highest BCUT2D eigenvalue weighted by molar-refractivity contribution is 6.09. The molecule has 0 fully saturated rings. The van der Waals surface area contributed by atoms with Crippen LogP contribution in [0.3, 0.4) is 0 Å². The van der Waals surface area contributed by atoms with Crippen molar-refractivity contribution < 1.29 is 5.11 Å². The number of nitrogens with one attached hydrogen (secondary N) is 1. The summed E-state index contributed by atoms with van der Waals surface area (Å²) in [6.45, 7) is 8.55. The van der Waals surface area contributed by atoms with Crippen LogP contribution >= 0.6 is 0 Å². The fourth-order valence-electron chi connectivity index (χ4n) is 3.49. The Labute approximate surface area is 159 Å². The van der Waals surface area contributed by atoms with E-state index in [0.717, 1.165) is 38.7 Å². The van der Waals surface area contributed by atoms with E-state index in [-0.39, 0.29) is 6.61 Å². The van der Waals surface area contributed by atoms with Gasteiger partial charge in [0, 0.05) is 16.5 Å². The summed E-state index contributed by atoms with van der Waals surface area (Å²) in [7, 11) is 0. The first-order valence-corrected chi connectivity index (χ1v) is 9.25. The van der Waals surface area contributed by atoms with E-state index in [4.69, 9.17) is 4.98 Å². The van der Waals surface area contributed by atoms with Crippen LogP contribution in [0.1, 0.15) is 27.8 Å². The first-order chi connectivity index (χ1) is 13.0. The summed E-state index contributed by atoms with van der Waals surface area (Å²) in [6, 6.07) is 16.6. The van der Waals surface area contributed by atoms with Crippen molar-refractivity contribution in [3.05, 3.63) is 76.3 Å². The third kappa shape index (κ3) is 3.15. The number of aryl methyl sites for hydroxylation is 4. The molecule has 0 aliphatic heterocycles. The second kappa shape index (κ2) is 6.67. The third-order valence-corrected chi connectivity index (χ3v) is 5.38. The van der Waals surface area contributed by atoms with Crippen LogP contribution in [0.15, 0.2) is 48.5 Å². The van der Waals surface area contributed by atoms with Gasteiger partial charge in [-0.25, -0.2) is 4.98 Å². The molecule has 0 aliphatic rings. The maximum absolute atomic E-state index is 9.47. The van der Waals surface area contributed by atoms with Crippen LogP contribution in [-0.2, 0) is 6.61 Å². The van der Waals surface area contributed by atoms with Gasteiger partial charge in [-0.1, -0.05) is 12.1 Å². The van der Waals surface area contributed by atoms with Gasteiger partial charge in [0.05, 0.1) is 23.3 Å². The molecule has 0 amide bonds. The molecule has 1 heterocycles. The van der Waals surface area contributed by atoms with Crippen LogP contribution in [-0.4, -0.2) is 10.1 Å². The Kier molecular flexibility index (Phi) is 4.33. The second-order valence-electron chi connectivity index (χ2n) is 7.38. The van der Waals surface area contributed by atoms with Gasteiger partial charge >= 0.3 is 0 Å². The molecular formula is C24H24N2O. The number of benzene rings is 3. The number of hydrogen-bond donors (Lipinski definition) is 2. The van der Waals surface area contributed by atoms with E-state index in [9.17, 15) is 5.11 Å². The smallest absolute Gasteiger partial charge is 0.0733 e. The van der Waals surface area contributed by atoms with Gasteiger partial charge < -0.3 is 10.4 Å². The summed E-state index contributed by atoms with van der Waals surface area (Å²) >= 11 is 0.